The first-order valence-electron chi connectivity index (χ1n) is 6.11. The molecule has 4 nitrogen and oxygen atoms in total. The Bertz CT molecular complexity index is 872. The molecule has 0 aliphatic carbocycles. The number of benzene rings is 2. The summed E-state index contributed by atoms with van der Waals surface area (Å²) in [4.78, 5) is 8.57. The topological polar surface area (TPSA) is 59.9 Å². The second-order valence-corrected chi connectivity index (χ2v) is 6.41. The molecule has 5 heteroatoms. The van der Waals surface area contributed by atoms with E-state index in [0.29, 0.717) is 11.0 Å². The summed E-state index contributed by atoms with van der Waals surface area (Å²) in [5.74, 6) is 0. The zero-order valence-corrected chi connectivity index (χ0v) is 11.6. The van der Waals surface area contributed by atoms with E-state index < -0.39 is 9.84 Å². The van der Waals surface area contributed by atoms with Gasteiger partial charge in [-0.05, 0) is 31.2 Å². The molecule has 0 N–H and O–H groups in total. The van der Waals surface area contributed by atoms with Crippen LogP contribution in [0, 0.1) is 6.92 Å². The maximum Gasteiger partial charge on any atom is 0.225 e. The highest BCUT2D eigenvalue weighted by Crippen LogP contribution is 2.20. The summed E-state index contributed by atoms with van der Waals surface area (Å²) >= 11 is 0. The molecule has 3 aromatic rings. The van der Waals surface area contributed by atoms with Crippen molar-refractivity contribution in [3.63, 3.8) is 0 Å². The molecule has 0 unspecified atom stereocenters. The van der Waals surface area contributed by atoms with E-state index in [1.54, 1.807) is 42.5 Å². The minimum Gasteiger partial charge on any atom is -0.252 e. The average molecular weight is 284 g/mol. The Labute approximate surface area is 117 Å². The van der Waals surface area contributed by atoms with Crippen molar-refractivity contribution in [2.24, 2.45) is 0 Å². The fourth-order valence-electron chi connectivity index (χ4n) is 1.91. The minimum atomic E-state index is -3.62. The summed E-state index contributed by atoms with van der Waals surface area (Å²) in [7, 11) is -3.62. The lowest BCUT2D eigenvalue weighted by molar-refractivity contribution is 0.592. The molecule has 0 saturated carbocycles. The number of hydrogen-bond acceptors (Lipinski definition) is 4. The Balaban J connectivity index is 2.15. The van der Waals surface area contributed by atoms with Crippen LogP contribution in [-0.4, -0.2) is 18.4 Å². The molecule has 1 heterocycles. The van der Waals surface area contributed by atoms with Crippen LogP contribution in [0.3, 0.4) is 0 Å². The first-order valence-corrected chi connectivity index (χ1v) is 7.59. The van der Waals surface area contributed by atoms with Crippen LogP contribution in [0.15, 0.2) is 64.6 Å². The fourth-order valence-corrected chi connectivity index (χ4v) is 3.05. The normalized spacial score (nSPS) is 11.7. The smallest absolute Gasteiger partial charge is 0.225 e. The monoisotopic (exact) mass is 284 g/mol. The lowest BCUT2D eigenvalue weighted by atomic mass is 10.2. The van der Waals surface area contributed by atoms with Crippen LogP contribution in [0.2, 0.25) is 0 Å². The number of hydrogen-bond donors (Lipinski definition) is 0. The van der Waals surface area contributed by atoms with Gasteiger partial charge in [0.25, 0.3) is 0 Å². The first kappa shape index (κ1) is 12.7. The van der Waals surface area contributed by atoms with E-state index in [1.807, 2.05) is 13.0 Å². The van der Waals surface area contributed by atoms with E-state index in [9.17, 15) is 8.42 Å². The van der Waals surface area contributed by atoms with Crippen LogP contribution >= 0.6 is 0 Å². The molecule has 0 atom stereocenters. The fraction of sp³-hybridized carbons (Fsp3) is 0.0667. The molecule has 0 aliphatic heterocycles. The number of aromatic nitrogens is 2. The summed E-state index contributed by atoms with van der Waals surface area (Å²) in [6.07, 6.45) is 1.30. The van der Waals surface area contributed by atoms with Crippen molar-refractivity contribution in [1.82, 2.24) is 9.97 Å². The summed E-state index contributed by atoms with van der Waals surface area (Å²) in [6, 6.07) is 13.9. The van der Waals surface area contributed by atoms with Gasteiger partial charge in [0.2, 0.25) is 9.84 Å². The summed E-state index contributed by atoms with van der Waals surface area (Å²) in [5.41, 5.74) is 2.25. The van der Waals surface area contributed by atoms with E-state index in [0.717, 1.165) is 5.56 Å². The number of sulfone groups is 1. The van der Waals surface area contributed by atoms with Crippen molar-refractivity contribution in [2.75, 3.05) is 0 Å². The Morgan fingerprint density at radius 2 is 1.55 bits per heavy atom. The number of para-hydroxylation sites is 2. The Morgan fingerprint density at radius 3 is 2.25 bits per heavy atom. The second-order valence-electron chi connectivity index (χ2n) is 4.51. The standard InChI is InChI=1S/C15H12N2O2S/c1-11-6-8-12(9-7-11)20(18,19)15-10-16-13-4-2-3-5-14(13)17-15/h2-10H,1H3. The number of rotatable bonds is 2. The van der Waals surface area contributed by atoms with Gasteiger partial charge in [-0.2, -0.15) is 0 Å². The van der Waals surface area contributed by atoms with Crippen molar-refractivity contribution in [3.05, 3.63) is 60.3 Å². The molecular formula is C15H12N2O2S. The molecule has 3 rings (SSSR count). The third-order valence-corrected chi connectivity index (χ3v) is 4.67. The highest BCUT2D eigenvalue weighted by molar-refractivity contribution is 7.91. The van der Waals surface area contributed by atoms with Crippen molar-refractivity contribution in [3.8, 4) is 0 Å². The van der Waals surface area contributed by atoms with Gasteiger partial charge in [0.05, 0.1) is 22.1 Å². The molecular weight excluding hydrogens is 272 g/mol. The molecule has 0 saturated heterocycles. The average Bonchev–Trinajstić information content (AvgIpc) is 2.47. The first-order chi connectivity index (χ1) is 9.57. The van der Waals surface area contributed by atoms with Gasteiger partial charge in [0.15, 0.2) is 5.03 Å². The van der Waals surface area contributed by atoms with Crippen LogP contribution in [0.25, 0.3) is 11.0 Å². The van der Waals surface area contributed by atoms with Crippen LogP contribution < -0.4 is 0 Å². The van der Waals surface area contributed by atoms with Crippen LogP contribution in [0.4, 0.5) is 0 Å². The Morgan fingerprint density at radius 1 is 0.900 bits per heavy atom. The van der Waals surface area contributed by atoms with E-state index in [2.05, 4.69) is 9.97 Å². The second kappa shape index (κ2) is 4.68. The third kappa shape index (κ3) is 2.16. The third-order valence-electron chi connectivity index (χ3n) is 3.03. The molecule has 0 amide bonds. The van der Waals surface area contributed by atoms with E-state index >= 15 is 0 Å². The molecule has 2 aromatic carbocycles. The number of aryl methyl sites for hydroxylation is 1. The van der Waals surface area contributed by atoms with Crippen molar-refractivity contribution < 1.29 is 8.42 Å². The zero-order chi connectivity index (χ0) is 14.2. The minimum absolute atomic E-state index is 0.0277. The van der Waals surface area contributed by atoms with Crippen molar-refractivity contribution in [2.45, 2.75) is 16.8 Å². The van der Waals surface area contributed by atoms with Gasteiger partial charge in [0.1, 0.15) is 0 Å². The van der Waals surface area contributed by atoms with Gasteiger partial charge in [-0.3, -0.25) is 4.98 Å². The molecule has 0 spiro atoms. The molecule has 0 radical (unpaired) electrons. The van der Waals surface area contributed by atoms with Gasteiger partial charge in [-0.1, -0.05) is 29.8 Å². The molecule has 20 heavy (non-hydrogen) atoms. The van der Waals surface area contributed by atoms with Crippen LogP contribution in [0.5, 0.6) is 0 Å². The van der Waals surface area contributed by atoms with E-state index in [1.165, 1.54) is 6.20 Å². The quantitative estimate of drug-likeness (QED) is 0.726. The van der Waals surface area contributed by atoms with Crippen LogP contribution in [0.1, 0.15) is 5.56 Å². The predicted molar refractivity (Wildman–Crippen MR) is 76.2 cm³/mol. The molecule has 0 bridgehead atoms. The maximum atomic E-state index is 12.5. The molecule has 0 aliphatic rings. The Kier molecular flexibility index (Phi) is 2.99. The lowest BCUT2D eigenvalue weighted by Gasteiger charge is -2.05. The highest BCUT2D eigenvalue weighted by Gasteiger charge is 2.19. The van der Waals surface area contributed by atoms with Gasteiger partial charge in [-0.25, -0.2) is 13.4 Å². The summed E-state index contributed by atoms with van der Waals surface area (Å²) in [6.45, 7) is 1.91. The number of nitrogens with zero attached hydrogens (tertiary/aromatic N) is 2. The van der Waals surface area contributed by atoms with E-state index in [4.69, 9.17) is 0 Å². The van der Waals surface area contributed by atoms with Gasteiger partial charge in [-0.15, -0.1) is 0 Å². The van der Waals surface area contributed by atoms with Crippen molar-refractivity contribution in [1.29, 1.82) is 0 Å². The van der Waals surface area contributed by atoms with Gasteiger partial charge in [0, 0.05) is 0 Å². The summed E-state index contributed by atoms with van der Waals surface area (Å²) < 4.78 is 25.0. The highest BCUT2D eigenvalue weighted by atomic mass is 32.2. The summed E-state index contributed by atoms with van der Waals surface area (Å²) in [5, 5.41) is -0.0277. The zero-order valence-electron chi connectivity index (χ0n) is 10.8. The molecule has 100 valence electrons. The largest absolute Gasteiger partial charge is 0.252 e. The predicted octanol–water partition coefficient (Wildman–Crippen LogP) is 2.77. The van der Waals surface area contributed by atoms with Crippen LogP contribution in [-0.2, 0) is 9.84 Å². The van der Waals surface area contributed by atoms with Crippen molar-refractivity contribution >= 4 is 20.9 Å². The van der Waals surface area contributed by atoms with E-state index in [-0.39, 0.29) is 9.92 Å². The number of fused-ring (bicyclic) bond motifs is 1. The van der Waals surface area contributed by atoms with Gasteiger partial charge < -0.3 is 0 Å². The molecule has 1 aromatic heterocycles. The van der Waals surface area contributed by atoms with Gasteiger partial charge >= 0.3 is 0 Å². The molecule has 0 fully saturated rings. The Hall–Kier alpha value is -2.27. The SMILES string of the molecule is Cc1ccc(S(=O)(=O)c2cnc3ccccc3n2)cc1. The lowest BCUT2D eigenvalue weighted by Crippen LogP contribution is -2.05. The maximum absolute atomic E-state index is 12.5.